The monoisotopic (exact) mass is 1440 g/mol. The summed E-state index contributed by atoms with van der Waals surface area (Å²) in [5.74, 6) is 0. The number of hydrogen-bond donors (Lipinski definition) is 0. The Bertz CT molecular complexity index is 3390. The van der Waals surface area contributed by atoms with Gasteiger partial charge in [0.05, 0.1) is 10.8 Å². The summed E-state index contributed by atoms with van der Waals surface area (Å²) in [7, 11) is 4.19. The Balaban J connectivity index is 0.000000193. The zero-order valence-corrected chi connectivity index (χ0v) is 55.6. The van der Waals surface area contributed by atoms with Crippen LogP contribution in [0.3, 0.4) is 0 Å². The summed E-state index contributed by atoms with van der Waals surface area (Å²) < 4.78 is 0. The maximum Gasteiger partial charge on any atom is 0.0644 e. The maximum atomic E-state index is 4.79. The zero-order chi connectivity index (χ0) is 57.2. The predicted molar refractivity (Wildman–Crippen MR) is 328 cm³/mol. The molecule has 82 heavy (non-hydrogen) atoms. The molecule has 0 atom stereocenters. The first-order chi connectivity index (χ1) is 37.7. The molecule has 2 aliphatic carbocycles. The fourth-order valence-corrected chi connectivity index (χ4v) is 12.5. The number of anilines is 2. The number of allylic oxidation sites excluding steroid dienone is 4. The van der Waals surface area contributed by atoms with Gasteiger partial charge in [-0.2, -0.15) is 74.3 Å². The average Bonchev–Trinajstić information content (AvgIpc) is 2.39. The van der Waals surface area contributed by atoms with Crippen molar-refractivity contribution in [1.82, 2.24) is 30.2 Å². The summed E-state index contributed by atoms with van der Waals surface area (Å²) in [4.78, 5) is 8.80. The van der Waals surface area contributed by atoms with E-state index in [1.807, 2.05) is 12.4 Å². The van der Waals surface area contributed by atoms with Gasteiger partial charge in [-0.3, -0.25) is 0 Å². The topological polar surface area (TPSA) is 66.9 Å². The number of aromatic nitrogens is 4. The predicted octanol–water partition coefficient (Wildman–Crippen LogP) is 15.8. The first kappa shape index (κ1) is 60.4. The van der Waals surface area contributed by atoms with Gasteiger partial charge >= 0.3 is 0 Å². The van der Waals surface area contributed by atoms with E-state index in [1.165, 1.54) is 89.5 Å². The molecule has 0 N–H and O–H groups in total. The van der Waals surface area contributed by atoms with Gasteiger partial charge in [0, 0.05) is 64.9 Å². The summed E-state index contributed by atoms with van der Waals surface area (Å²) >= 11 is 0. The molecule has 2 aliphatic heterocycles. The molecule has 0 bridgehead atoms. The van der Waals surface area contributed by atoms with Gasteiger partial charge in [-0.05, 0) is 142 Å². The van der Waals surface area contributed by atoms with Crippen LogP contribution in [0.1, 0.15) is 178 Å². The molecule has 432 valence electrons. The van der Waals surface area contributed by atoms with Crippen LogP contribution < -0.4 is 20.0 Å². The molecule has 6 aromatic carbocycles. The second-order valence-corrected chi connectivity index (χ2v) is 26.8. The van der Waals surface area contributed by atoms with Crippen LogP contribution in [0.25, 0.3) is 22.3 Å². The quantitative estimate of drug-likeness (QED) is 0.153. The van der Waals surface area contributed by atoms with E-state index in [1.54, 1.807) is 0 Å². The van der Waals surface area contributed by atoms with Gasteiger partial charge in [0.2, 0.25) is 0 Å². The van der Waals surface area contributed by atoms with Crippen LogP contribution in [0, 0.1) is 25.5 Å². The number of nitrogens with zero attached hydrogens (tertiary/aromatic N) is 8. The van der Waals surface area contributed by atoms with Crippen LogP contribution in [0.2, 0.25) is 0 Å². The van der Waals surface area contributed by atoms with Gasteiger partial charge in [-0.15, -0.1) is 22.5 Å². The fraction of sp³-hybridized carbons (Fsp3) is 0.333. The Kier molecular flexibility index (Phi) is 15.8. The standard InChI is InChI=1S/2C36H39N4.2Pt/c2*1-23-24(2)40(22-39(23)9)28-12-10-11-27(19-28)36(33-17-18-37-38-33)31-20-25(34(3,4)5)13-15-29(31)30-16-14-26(21-32(30)36)35(6,7)8;;/h2*10-18,20-22H,1-9H3;;/q2*-3;;. The smallest absolute Gasteiger partial charge is 0.0644 e. The summed E-state index contributed by atoms with van der Waals surface area (Å²) in [6, 6.07) is 53.0. The van der Waals surface area contributed by atoms with Crippen molar-refractivity contribution in [2.24, 2.45) is 0 Å². The van der Waals surface area contributed by atoms with E-state index in [0.29, 0.717) is 0 Å². The summed E-state index contributed by atoms with van der Waals surface area (Å²) in [5, 5.41) is 18.3. The Morgan fingerprint density at radius 1 is 0.402 bits per heavy atom. The van der Waals surface area contributed by atoms with Crippen LogP contribution >= 0.6 is 0 Å². The molecule has 0 fully saturated rings. The minimum Gasteiger partial charge on any atom is -0.581 e. The molecule has 8 aromatic rings. The van der Waals surface area contributed by atoms with Crippen molar-refractivity contribution in [3.8, 4) is 22.3 Å². The molecule has 4 aliphatic rings. The summed E-state index contributed by atoms with van der Waals surface area (Å²) in [5.41, 5.74) is 24.9. The van der Waals surface area contributed by atoms with E-state index in [9.17, 15) is 0 Å². The van der Waals surface area contributed by atoms with Crippen molar-refractivity contribution < 1.29 is 42.1 Å². The minimum absolute atomic E-state index is 0. The van der Waals surface area contributed by atoms with Crippen molar-refractivity contribution in [3.63, 3.8) is 0 Å². The van der Waals surface area contributed by atoms with Gasteiger partial charge in [-0.25, -0.2) is 0 Å². The Labute approximate surface area is 518 Å². The third kappa shape index (κ3) is 9.80. The van der Waals surface area contributed by atoms with Crippen molar-refractivity contribution in [2.75, 3.05) is 23.9 Å². The van der Waals surface area contributed by atoms with E-state index < -0.39 is 10.8 Å². The number of fused-ring (bicyclic) bond motifs is 6. The van der Waals surface area contributed by atoms with E-state index in [0.717, 1.165) is 33.9 Å². The third-order valence-corrected chi connectivity index (χ3v) is 17.7. The first-order valence-corrected chi connectivity index (χ1v) is 28.3. The number of hydrogen-bond acceptors (Lipinski definition) is 6. The molecule has 0 unspecified atom stereocenters. The average molecular weight is 1450 g/mol. The van der Waals surface area contributed by atoms with Gasteiger partial charge in [0.25, 0.3) is 0 Å². The van der Waals surface area contributed by atoms with Gasteiger partial charge in [-0.1, -0.05) is 168 Å². The molecule has 0 saturated carbocycles. The van der Waals surface area contributed by atoms with Crippen molar-refractivity contribution >= 4 is 11.4 Å². The van der Waals surface area contributed by atoms with Gasteiger partial charge < -0.3 is 40.0 Å². The molecular weight excluding hydrogens is 1370 g/mol. The number of benzene rings is 6. The Morgan fingerprint density at radius 2 is 0.695 bits per heavy atom. The molecule has 4 heterocycles. The normalized spacial score (nSPS) is 16.1. The molecule has 0 radical (unpaired) electrons. The number of rotatable bonds is 6. The fourth-order valence-electron chi connectivity index (χ4n) is 12.5. The van der Waals surface area contributed by atoms with Gasteiger partial charge in [0.1, 0.15) is 0 Å². The molecule has 0 amide bonds. The van der Waals surface area contributed by atoms with Crippen LogP contribution in [0.4, 0.5) is 11.4 Å². The molecule has 12 rings (SSSR count). The molecular formula is C72H78N8Pt2-6. The summed E-state index contributed by atoms with van der Waals surface area (Å²) in [6.07, 6.45) is 3.64. The first-order valence-electron chi connectivity index (χ1n) is 28.3. The Morgan fingerprint density at radius 3 is 0.927 bits per heavy atom. The Hall–Kier alpha value is -6.20. The second kappa shape index (κ2) is 21.5. The van der Waals surface area contributed by atoms with Crippen LogP contribution in [0.5, 0.6) is 0 Å². The van der Waals surface area contributed by atoms with Crippen molar-refractivity contribution in [2.45, 2.75) is 143 Å². The molecule has 2 aromatic heterocycles. The van der Waals surface area contributed by atoms with Gasteiger partial charge in [0.15, 0.2) is 0 Å². The van der Waals surface area contributed by atoms with Crippen molar-refractivity contribution in [3.05, 3.63) is 249 Å². The van der Waals surface area contributed by atoms with E-state index in [-0.39, 0.29) is 63.8 Å². The van der Waals surface area contributed by atoms with E-state index >= 15 is 0 Å². The molecule has 8 nitrogen and oxygen atoms in total. The summed E-state index contributed by atoms with van der Waals surface area (Å²) in [6.45, 7) is 40.3. The SMILES string of the molecule is CC1=C(C)N(c2[c-]c(C3(c4cc[n-]n4)c4cc(C(C)(C)C)ccc4-c4ccc(C(C)(C)C)cc43)ccc2)[CH-]N1C.CC1=C(C)N(c2[c-]c(C3(c4cc[n-]n4)c4cc(C(C)(C)C)ccc4-c4ccc(C(C)(C)C)cc43)ccc2)[CH-]N1C.[Pt].[Pt]. The van der Waals surface area contributed by atoms with E-state index in [2.05, 4.69) is 301 Å². The van der Waals surface area contributed by atoms with Crippen LogP contribution in [-0.2, 0) is 74.6 Å². The maximum absolute atomic E-state index is 4.79. The zero-order valence-electron chi connectivity index (χ0n) is 51.1. The van der Waals surface area contributed by atoms with E-state index in [4.69, 9.17) is 10.2 Å². The van der Waals surface area contributed by atoms with Crippen molar-refractivity contribution in [1.29, 1.82) is 0 Å². The molecule has 10 heteroatoms. The third-order valence-electron chi connectivity index (χ3n) is 17.7. The molecule has 0 spiro atoms. The van der Waals surface area contributed by atoms with Crippen LogP contribution in [0.15, 0.2) is 157 Å². The van der Waals surface area contributed by atoms with Crippen LogP contribution in [-0.4, -0.2) is 34.1 Å². The largest absolute Gasteiger partial charge is 0.581 e. The molecule has 0 saturated heterocycles. The second-order valence-electron chi connectivity index (χ2n) is 26.8. The minimum atomic E-state index is -0.641.